The van der Waals surface area contributed by atoms with E-state index in [9.17, 15) is 14.4 Å². The number of nitrogens with one attached hydrogen (secondary N) is 3. The average Bonchev–Trinajstić information content (AvgIpc) is 2.36. The Morgan fingerprint density at radius 2 is 1.67 bits per heavy atom. The maximum absolute atomic E-state index is 12.1. The molecular formula is C15H17N3O3. The first-order valence-electron chi connectivity index (χ1n) is 6.51. The number of H-pyrrole nitrogens is 2. The summed E-state index contributed by atoms with van der Waals surface area (Å²) in [5, 5.41) is 2.48. The molecule has 0 spiro atoms. The van der Waals surface area contributed by atoms with Crippen LogP contribution in [0.4, 0.5) is 5.82 Å². The van der Waals surface area contributed by atoms with E-state index < -0.39 is 17.2 Å². The normalized spacial score (nSPS) is 11.2. The van der Waals surface area contributed by atoms with Crippen molar-refractivity contribution in [1.82, 2.24) is 9.97 Å². The van der Waals surface area contributed by atoms with Crippen LogP contribution in [0, 0.1) is 0 Å². The Morgan fingerprint density at radius 3 is 2.19 bits per heavy atom. The predicted octanol–water partition coefficient (Wildman–Crippen LogP) is 1.61. The average molecular weight is 287 g/mol. The number of benzene rings is 1. The Kier molecular flexibility index (Phi) is 3.80. The van der Waals surface area contributed by atoms with Crippen LogP contribution in [-0.2, 0) is 5.41 Å². The van der Waals surface area contributed by atoms with Gasteiger partial charge in [0.05, 0.1) is 0 Å². The molecule has 6 nitrogen and oxygen atoms in total. The summed E-state index contributed by atoms with van der Waals surface area (Å²) in [5.41, 5.74) is 0.332. The van der Waals surface area contributed by atoms with Crippen molar-refractivity contribution in [3.05, 3.63) is 62.3 Å². The Bertz CT molecular complexity index is 736. The van der Waals surface area contributed by atoms with Crippen LogP contribution in [0.5, 0.6) is 0 Å². The van der Waals surface area contributed by atoms with Crippen molar-refractivity contribution < 1.29 is 4.79 Å². The minimum atomic E-state index is -0.666. The molecule has 1 aromatic carbocycles. The van der Waals surface area contributed by atoms with Crippen molar-refractivity contribution in [2.75, 3.05) is 5.32 Å². The summed E-state index contributed by atoms with van der Waals surface area (Å²) in [7, 11) is 0. The first-order valence-corrected chi connectivity index (χ1v) is 6.51. The standard InChI is InChI=1S/C15H17N3O3/c1-15(2,3)10-6-4-9(5-7-10)13(20)16-11-8-12(19)18-14(21)17-11/h4-8H,1-3H3,(H3,16,17,18,19,20,21). The molecule has 2 rings (SSSR count). The molecular weight excluding hydrogens is 270 g/mol. The third-order valence-corrected chi connectivity index (χ3v) is 3.02. The third-order valence-electron chi connectivity index (χ3n) is 3.02. The number of aromatic nitrogens is 2. The summed E-state index contributed by atoms with van der Waals surface area (Å²) >= 11 is 0. The number of amides is 1. The molecule has 1 aromatic heterocycles. The second-order valence-electron chi connectivity index (χ2n) is 5.78. The summed E-state index contributed by atoms with van der Waals surface area (Å²) in [6.45, 7) is 6.26. The van der Waals surface area contributed by atoms with Gasteiger partial charge in [-0.15, -0.1) is 0 Å². The lowest BCUT2D eigenvalue weighted by molar-refractivity contribution is 0.102. The number of carbonyl (C=O) groups excluding carboxylic acids is 1. The largest absolute Gasteiger partial charge is 0.327 e. The molecule has 0 unspecified atom stereocenters. The summed E-state index contributed by atoms with van der Waals surface area (Å²) in [4.78, 5) is 38.7. The van der Waals surface area contributed by atoms with Crippen LogP contribution in [0.1, 0.15) is 36.7 Å². The molecule has 1 heterocycles. The number of rotatable bonds is 2. The van der Waals surface area contributed by atoms with Gasteiger partial charge in [0.25, 0.3) is 11.5 Å². The van der Waals surface area contributed by atoms with Gasteiger partial charge in [0.1, 0.15) is 5.82 Å². The number of hydrogen-bond donors (Lipinski definition) is 3. The summed E-state index contributed by atoms with van der Waals surface area (Å²) in [6, 6.07) is 8.30. The van der Waals surface area contributed by atoms with Gasteiger partial charge >= 0.3 is 5.69 Å². The van der Waals surface area contributed by atoms with Gasteiger partial charge < -0.3 is 5.32 Å². The lowest BCUT2D eigenvalue weighted by Crippen LogP contribution is -2.24. The highest BCUT2D eigenvalue weighted by Crippen LogP contribution is 2.22. The summed E-state index contributed by atoms with van der Waals surface area (Å²) < 4.78 is 0. The topological polar surface area (TPSA) is 94.8 Å². The molecule has 0 saturated heterocycles. The number of carbonyl (C=O) groups is 1. The van der Waals surface area contributed by atoms with Gasteiger partial charge in [0.2, 0.25) is 0 Å². The Hall–Kier alpha value is -2.63. The molecule has 0 bridgehead atoms. The number of aromatic amines is 2. The van der Waals surface area contributed by atoms with E-state index in [-0.39, 0.29) is 11.2 Å². The number of hydrogen-bond acceptors (Lipinski definition) is 3. The Morgan fingerprint density at radius 1 is 1.05 bits per heavy atom. The molecule has 0 aliphatic rings. The van der Waals surface area contributed by atoms with Gasteiger partial charge in [-0.3, -0.25) is 19.6 Å². The van der Waals surface area contributed by atoms with Crippen molar-refractivity contribution in [1.29, 1.82) is 0 Å². The highest BCUT2D eigenvalue weighted by molar-refractivity contribution is 6.03. The van der Waals surface area contributed by atoms with Gasteiger partial charge in [-0.2, -0.15) is 0 Å². The highest BCUT2D eigenvalue weighted by Gasteiger charge is 2.14. The van der Waals surface area contributed by atoms with Crippen molar-refractivity contribution in [3.8, 4) is 0 Å². The molecule has 0 aliphatic carbocycles. The minimum absolute atomic E-state index is 0.00691. The lowest BCUT2D eigenvalue weighted by atomic mass is 9.87. The second-order valence-corrected chi connectivity index (χ2v) is 5.78. The van der Waals surface area contributed by atoms with Crippen LogP contribution in [-0.4, -0.2) is 15.9 Å². The summed E-state index contributed by atoms with van der Waals surface area (Å²) in [5.74, 6) is -0.328. The Labute approximate surface area is 121 Å². The van der Waals surface area contributed by atoms with Crippen molar-refractivity contribution in [3.63, 3.8) is 0 Å². The number of anilines is 1. The smallest absolute Gasteiger partial charge is 0.308 e. The zero-order valence-corrected chi connectivity index (χ0v) is 12.1. The van der Waals surface area contributed by atoms with Gasteiger partial charge in [-0.05, 0) is 23.1 Å². The van der Waals surface area contributed by atoms with Crippen LogP contribution < -0.4 is 16.6 Å². The van der Waals surface area contributed by atoms with Gasteiger partial charge in [-0.1, -0.05) is 32.9 Å². The van der Waals surface area contributed by atoms with Crippen molar-refractivity contribution in [2.24, 2.45) is 0 Å². The molecule has 0 fully saturated rings. The molecule has 0 atom stereocenters. The molecule has 3 N–H and O–H groups in total. The molecule has 110 valence electrons. The SMILES string of the molecule is CC(C)(C)c1ccc(C(=O)Nc2cc(=O)[nH]c(=O)[nH]2)cc1. The zero-order chi connectivity index (χ0) is 15.6. The van der Waals surface area contributed by atoms with Crippen LogP contribution in [0.3, 0.4) is 0 Å². The first kappa shape index (κ1) is 14.8. The second kappa shape index (κ2) is 5.40. The van der Waals surface area contributed by atoms with E-state index in [0.29, 0.717) is 5.56 Å². The molecule has 2 aromatic rings. The molecule has 0 saturated carbocycles. The van der Waals surface area contributed by atoms with Crippen LogP contribution >= 0.6 is 0 Å². The predicted molar refractivity (Wildman–Crippen MR) is 80.8 cm³/mol. The first-order chi connectivity index (χ1) is 9.75. The monoisotopic (exact) mass is 287 g/mol. The van der Waals surface area contributed by atoms with Gasteiger partial charge in [-0.25, -0.2) is 4.79 Å². The quantitative estimate of drug-likeness (QED) is 0.783. The molecule has 6 heteroatoms. The van der Waals surface area contributed by atoms with Crippen molar-refractivity contribution in [2.45, 2.75) is 26.2 Å². The lowest BCUT2D eigenvalue weighted by Gasteiger charge is -2.19. The summed E-state index contributed by atoms with van der Waals surface area (Å²) in [6.07, 6.45) is 0. The fraction of sp³-hybridized carbons (Fsp3) is 0.267. The van der Waals surface area contributed by atoms with E-state index in [1.165, 1.54) is 0 Å². The maximum Gasteiger partial charge on any atom is 0.327 e. The van der Waals surface area contributed by atoms with Crippen molar-refractivity contribution >= 4 is 11.7 Å². The Balaban J connectivity index is 2.21. The van der Waals surface area contributed by atoms with E-state index >= 15 is 0 Å². The highest BCUT2D eigenvalue weighted by atomic mass is 16.2. The fourth-order valence-corrected chi connectivity index (χ4v) is 1.85. The van der Waals surface area contributed by atoms with Gasteiger partial charge in [0, 0.05) is 11.6 Å². The van der Waals surface area contributed by atoms with E-state index in [1.54, 1.807) is 12.1 Å². The van der Waals surface area contributed by atoms with Crippen LogP contribution in [0.2, 0.25) is 0 Å². The van der Waals surface area contributed by atoms with Crippen LogP contribution in [0.25, 0.3) is 0 Å². The van der Waals surface area contributed by atoms with E-state index in [2.05, 4.69) is 31.1 Å². The minimum Gasteiger partial charge on any atom is -0.308 e. The molecule has 1 amide bonds. The van der Waals surface area contributed by atoms with Crippen LogP contribution in [0.15, 0.2) is 39.9 Å². The zero-order valence-electron chi connectivity index (χ0n) is 12.1. The van der Waals surface area contributed by atoms with E-state index in [4.69, 9.17) is 0 Å². The molecule has 21 heavy (non-hydrogen) atoms. The molecule has 0 aliphatic heterocycles. The maximum atomic E-state index is 12.1. The van der Waals surface area contributed by atoms with E-state index in [1.807, 2.05) is 17.1 Å². The molecule has 0 radical (unpaired) electrons. The van der Waals surface area contributed by atoms with E-state index in [0.717, 1.165) is 11.6 Å². The fourth-order valence-electron chi connectivity index (χ4n) is 1.85. The third kappa shape index (κ3) is 3.68. The van der Waals surface area contributed by atoms with Gasteiger partial charge in [0.15, 0.2) is 0 Å².